The van der Waals surface area contributed by atoms with Crippen molar-refractivity contribution in [3.8, 4) is 11.5 Å². The van der Waals surface area contributed by atoms with Gasteiger partial charge < -0.3 is 15.1 Å². The molecule has 0 heterocycles. The average molecular weight is 375 g/mol. The van der Waals surface area contributed by atoms with Gasteiger partial charge in [-0.05, 0) is 23.3 Å². The molecule has 2 amide bonds. The Morgan fingerprint density at radius 3 is 1.82 bits per heavy atom. The van der Waals surface area contributed by atoms with Crippen molar-refractivity contribution in [2.45, 2.75) is 13.1 Å². The monoisotopic (exact) mass is 375 g/mol. The summed E-state index contributed by atoms with van der Waals surface area (Å²) >= 11 is 0. The summed E-state index contributed by atoms with van der Waals surface area (Å²) in [6.07, 6.45) is 1.21. The van der Waals surface area contributed by atoms with E-state index in [0.29, 0.717) is 13.1 Å². The second kappa shape index (κ2) is 9.23. The first-order valence-corrected chi connectivity index (χ1v) is 8.80. The highest BCUT2D eigenvalue weighted by Gasteiger charge is 2.14. The number of benzene rings is 3. The van der Waals surface area contributed by atoms with Crippen molar-refractivity contribution in [3.05, 3.63) is 95.6 Å². The average Bonchev–Trinajstić information content (AvgIpc) is 2.71. The quantitative estimate of drug-likeness (QED) is 0.452. The highest BCUT2D eigenvalue weighted by atomic mass is 16.3. The Labute approximate surface area is 163 Å². The van der Waals surface area contributed by atoms with Gasteiger partial charge in [-0.1, -0.05) is 66.7 Å². The molecule has 0 bridgehead atoms. The van der Waals surface area contributed by atoms with Crippen LogP contribution in [-0.4, -0.2) is 27.4 Å². The van der Waals surface area contributed by atoms with Crippen molar-refractivity contribution in [2.75, 3.05) is 0 Å². The molecule has 3 aromatic carbocycles. The zero-order chi connectivity index (χ0) is 19.8. The number of aromatic hydroxyl groups is 2. The van der Waals surface area contributed by atoms with Crippen molar-refractivity contribution in [3.63, 3.8) is 0 Å². The Balaban J connectivity index is 1.73. The van der Waals surface area contributed by atoms with E-state index in [1.807, 2.05) is 60.7 Å². The van der Waals surface area contributed by atoms with Gasteiger partial charge in [0.25, 0.3) is 0 Å². The van der Waals surface area contributed by atoms with Gasteiger partial charge in [-0.25, -0.2) is 10.2 Å². The summed E-state index contributed by atoms with van der Waals surface area (Å²) in [5.74, 6) is -0.244. The number of carbonyl (C=O) groups excluding carboxylic acids is 1. The van der Waals surface area contributed by atoms with Gasteiger partial charge >= 0.3 is 6.03 Å². The van der Waals surface area contributed by atoms with Crippen LogP contribution in [0.4, 0.5) is 4.79 Å². The highest BCUT2D eigenvalue weighted by Crippen LogP contribution is 2.23. The van der Waals surface area contributed by atoms with E-state index in [1.165, 1.54) is 24.4 Å². The first kappa shape index (κ1) is 19.0. The van der Waals surface area contributed by atoms with Gasteiger partial charge in [0.15, 0.2) is 0 Å². The van der Waals surface area contributed by atoms with E-state index in [1.54, 1.807) is 4.90 Å². The Bertz CT molecular complexity index is 882. The van der Waals surface area contributed by atoms with Crippen molar-refractivity contribution >= 4 is 12.2 Å². The van der Waals surface area contributed by atoms with E-state index in [0.717, 1.165) is 11.1 Å². The smallest absolute Gasteiger partial charge is 0.338 e. The van der Waals surface area contributed by atoms with E-state index >= 15 is 0 Å². The lowest BCUT2D eigenvalue weighted by Gasteiger charge is -2.22. The van der Waals surface area contributed by atoms with Crippen LogP contribution >= 0.6 is 0 Å². The van der Waals surface area contributed by atoms with Crippen LogP contribution in [0.25, 0.3) is 0 Å². The number of amides is 2. The minimum Gasteiger partial charge on any atom is -0.507 e. The van der Waals surface area contributed by atoms with Crippen molar-refractivity contribution in [2.24, 2.45) is 5.10 Å². The second-order valence-corrected chi connectivity index (χ2v) is 6.21. The summed E-state index contributed by atoms with van der Waals surface area (Å²) in [4.78, 5) is 14.3. The zero-order valence-electron chi connectivity index (χ0n) is 15.2. The summed E-state index contributed by atoms with van der Waals surface area (Å²) < 4.78 is 0. The topological polar surface area (TPSA) is 85.2 Å². The Hall–Kier alpha value is -3.80. The van der Waals surface area contributed by atoms with Gasteiger partial charge in [-0.15, -0.1) is 0 Å². The van der Waals surface area contributed by atoms with Gasteiger partial charge in [0.05, 0.1) is 11.8 Å². The number of rotatable bonds is 6. The molecule has 0 radical (unpaired) electrons. The van der Waals surface area contributed by atoms with Crippen molar-refractivity contribution < 1.29 is 15.0 Å². The molecule has 0 atom stereocenters. The maximum absolute atomic E-state index is 12.7. The van der Waals surface area contributed by atoms with Gasteiger partial charge in [-0.2, -0.15) is 5.10 Å². The van der Waals surface area contributed by atoms with Crippen molar-refractivity contribution in [1.82, 2.24) is 10.3 Å². The molecule has 142 valence electrons. The molecule has 6 heteroatoms. The van der Waals surface area contributed by atoms with Gasteiger partial charge in [0, 0.05) is 13.1 Å². The lowest BCUT2D eigenvalue weighted by atomic mass is 10.2. The number of phenols is 2. The molecule has 0 spiro atoms. The van der Waals surface area contributed by atoms with Crippen LogP contribution < -0.4 is 5.43 Å². The molecule has 0 aliphatic carbocycles. The fourth-order valence-corrected chi connectivity index (χ4v) is 2.70. The first-order valence-electron chi connectivity index (χ1n) is 8.80. The molecule has 3 N–H and O–H groups in total. The third kappa shape index (κ3) is 5.11. The van der Waals surface area contributed by atoms with Gasteiger partial charge in [0.1, 0.15) is 11.5 Å². The van der Waals surface area contributed by atoms with Crippen LogP contribution in [0.1, 0.15) is 16.7 Å². The molecule has 0 fully saturated rings. The number of hydrogen-bond donors (Lipinski definition) is 3. The second-order valence-electron chi connectivity index (χ2n) is 6.21. The molecule has 6 nitrogen and oxygen atoms in total. The van der Waals surface area contributed by atoms with Crippen molar-refractivity contribution in [1.29, 1.82) is 0 Å². The fourth-order valence-electron chi connectivity index (χ4n) is 2.70. The maximum Gasteiger partial charge on any atom is 0.338 e. The number of nitrogens with one attached hydrogen (secondary N) is 1. The van der Waals surface area contributed by atoms with E-state index in [9.17, 15) is 15.0 Å². The summed E-state index contributed by atoms with van der Waals surface area (Å²) in [6.45, 7) is 0.831. The largest absolute Gasteiger partial charge is 0.507 e. The Morgan fingerprint density at radius 1 is 0.821 bits per heavy atom. The zero-order valence-corrected chi connectivity index (χ0v) is 15.2. The molecular formula is C22H21N3O3. The maximum atomic E-state index is 12.7. The molecule has 0 saturated carbocycles. The van der Waals surface area contributed by atoms with E-state index in [-0.39, 0.29) is 23.1 Å². The first-order chi connectivity index (χ1) is 13.6. The summed E-state index contributed by atoms with van der Waals surface area (Å²) in [7, 11) is 0. The van der Waals surface area contributed by atoms with Crippen LogP contribution in [0.15, 0.2) is 84.0 Å². The van der Waals surface area contributed by atoms with Crippen LogP contribution in [-0.2, 0) is 13.1 Å². The Kier molecular flexibility index (Phi) is 6.25. The lowest BCUT2D eigenvalue weighted by Crippen LogP contribution is -2.36. The molecule has 0 aromatic heterocycles. The number of carbonyl (C=O) groups is 1. The predicted octanol–water partition coefficient (Wildman–Crippen LogP) is 3.84. The molecule has 3 aromatic rings. The third-order valence-electron chi connectivity index (χ3n) is 4.13. The molecule has 0 aliphatic heterocycles. The van der Waals surface area contributed by atoms with Crippen LogP contribution in [0, 0.1) is 0 Å². The SMILES string of the molecule is O=C(N/N=C/c1c(O)cccc1O)N(Cc1ccccc1)Cc1ccccc1. The molecule has 0 aliphatic rings. The summed E-state index contributed by atoms with van der Waals surface area (Å²) in [5.41, 5.74) is 4.59. The molecular weight excluding hydrogens is 354 g/mol. The third-order valence-corrected chi connectivity index (χ3v) is 4.13. The minimum absolute atomic E-state index is 0.122. The molecule has 0 unspecified atom stereocenters. The molecule has 3 rings (SSSR count). The lowest BCUT2D eigenvalue weighted by molar-refractivity contribution is 0.193. The minimum atomic E-state index is -0.390. The molecule has 28 heavy (non-hydrogen) atoms. The van der Waals surface area contributed by atoms with Crippen LogP contribution in [0.3, 0.4) is 0 Å². The fraction of sp³-hybridized carbons (Fsp3) is 0.0909. The van der Waals surface area contributed by atoms with E-state index < -0.39 is 0 Å². The van der Waals surface area contributed by atoms with Crippen LogP contribution in [0.5, 0.6) is 11.5 Å². The number of urea groups is 1. The summed E-state index contributed by atoms with van der Waals surface area (Å²) in [6, 6.07) is 23.3. The predicted molar refractivity (Wildman–Crippen MR) is 108 cm³/mol. The number of phenolic OH excluding ortho intramolecular Hbond substituents is 2. The van der Waals surface area contributed by atoms with Crippen LogP contribution in [0.2, 0.25) is 0 Å². The molecule has 0 saturated heterocycles. The Morgan fingerprint density at radius 2 is 1.32 bits per heavy atom. The normalized spacial score (nSPS) is 10.7. The van der Waals surface area contributed by atoms with E-state index in [2.05, 4.69) is 10.5 Å². The number of hydrogen-bond acceptors (Lipinski definition) is 4. The van der Waals surface area contributed by atoms with E-state index in [4.69, 9.17) is 0 Å². The summed E-state index contributed by atoms with van der Waals surface area (Å²) in [5, 5.41) is 23.4. The number of hydrazone groups is 1. The highest BCUT2D eigenvalue weighted by molar-refractivity contribution is 5.88. The van der Waals surface area contributed by atoms with Gasteiger partial charge in [-0.3, -0.25) is 0 Å². The number of nitrogens with zero attached hydrogens (tertiary/aromatic N) is 2. The standard InChI is InChI=1S/C22H21N3O3/c26-20-12-7-13-21(27)19(20)14-23-24-22(28)25(15-17-8-3-1-4-9-17)16-18-10-5-2-6-11-18/h1-14,26-27H,15-16H2,(H,24,28)/b23-14+. The van der Waals surface area contributed by atoms with Gasteiger partial charge in [0.2, 0.25) is 0 Å².